The molecule has 0 saturated heterocycles. The molecule has 0 aliphatic carbocycles. The maximum Gasteiger partial charge on any atom is 0.416 e. The second-order valence-electron chi connectivity index (χ2n) is 5.48. The minimum atomic E-state index is -4.69. The van der Waals surface area contributed by atoms with Crippen LogP contribution in [-0.4, -0.2) is 24.9 Å². The first-order chi connectivity index (χ1) is 13.7. The Labute approximate surface area is 172 Å². The van der Waals surface area contributed by atoms with Gasteiger partial charge in [0.05, 0.1) is 23.8 Å². The molecule has 1 N–H and O–H groups in total. The van der Waals surface area contributed by atoms with Crippen LogP contribution in [0.25, 0.3) is 0 Å². The average Bonchev–Trinajstić information content (AvgIpc) is 2.66. The summed E-state index contributed by atoms with van der Waals surface area (Å²) in [6, 6.07) is 5.37. The molecule has 154 valence electrons. The summed E-state index contributed by atoms with van der Waals surface area (Å²) >= 11 is 3.34. The van der Waals surface area contributed by atoms with Crippen molar-refractivity contribution in [1.29, 1.82) is 0 Å². The van der Waals surface area contributed by atoms with Crippen LogP contribution in [0.3, 0.4) is 0 Å². The van der Waals surface area contributed by atoms with E-state index in [0.29, 0.717) is 27.6 Å². The van der Waals surface area contributed by atoms with Gasteiger partial charge in [0, 0.05) is 16.1 Å². The number of nitro groups is 1. The Bertz CT molecular complexity index is 949. The highest BCUT2D eigenvalue weighted by Gasteiger charge is 2.33. The van der Waals surface area contributed by atoms with E-state index in [1.54, 1.807) is 18.2 Å². The fourth-order valence-corrected chi connectivity index (χ4v) is 2.62. The first kappa shape index (κ1) is 22.2. The molecular formula is C18H15BrF3N3O4. The fourth-order valence-electron chi connectivity index (χ4n) is 2.20. The van der Waals surface area contributed by atoms with Gasteiger partial charge in [0.2, 0.25) is 0 Å². The van der Waals surface area contributed by atoms with E-state index in [9.17, 15) is 23.3 Å². The lowest BCUT2D eigenvalue weighted by atomic mass is 10.1. The van der Waals surface area contributed by atoms with Crippen LogP contribution >= 0.6 is 15.9 Å². The number of nitrogens with zero attached hydrogens (tertiary/aromatic N) is 2. The van der Waals surface area contributed by atoms with Crippen molar-refractivity contribution >= 4 is 33.5 Å². The molecule has 0 atom stereocenters. The number of anilines is 1. The lowest BCUT2D eigenvalue weighted by Crippen LogP contribution is -2.06. The van der Waals surface area contributed by atoms with Crippen LogP contribution in [0.2, 0.25) is 0 Å². The molecule has 0 heterocycles. The van der Waals surface area contributed by atoms with Gasteiger partial charge in [0.25, 0.3) is 5.69 Å². The third-order valence-corrected chi connectivity index (χ3v) is 4.24. The van der Waals surface area contributed by atoms with Gasteiger partial charge >= 0.3 is 6.18 Å². The van der Waals surface area contributed by atoms with Crippen LogP contribution in [0, 0.1) is 10.1 Å². The van der Waals surface area contributed by atoms with E-state index >= 15 is 0 Å². The zero-order chi connectivity index (χ0) is 21.6. The molecule has 0 radical (unpaired) electrons. The summed E-state index contributed by atoms with van der Waals surface area (Å²) in [5, 5.41) is 15.0. The van der Waals surface area contributed by atoms with Gasteiger partial charge in [-0.2, -0.15) is 18.3 Å². The van der Waals surface area contributed by atoms with Gasteiger partial charge in [0.15, 0.2) is 11.5 Å². The molecule has 0 unspecified atom stereocenters. The molecule has 0 aliphatic heterocycles. The van der Waals surface area contributed by atoms with Crippen LogP contribution in [0.15, 0.2) is 52.6 Å². The molecule has 7 nitrogen and oxygen atoms in total. The highest BCUT2D eigenvalue weighted by atomic mass is 79.9. The van der Waals surface area contributed by atoms with Crippen molar-refractivity contribution in [3.63, 3.8) is 0 Å². The molecule has 0 aromatic heterocycles. The smallest absolute Gasteiger partial charge is 0.416 e. The van der Waals surface area contributed by atoms with Crippen LogP contribution in [0.5, 0.6) is 11.5 Å². The van der Waals surface area contributed by atoms with Gasteiger partial charge < -0.3 is 9.47 Å². The first-order valence-corrected chi connectivity index (χ1v) is 8.72. The monoisotopic (exact) mass is 473 g/mol. The number of ether oxygens (including phenoxy) is 2. The number of nitrogens with one attached hydrogen (secondary N) is 1. The van der Waals surface area contributed by atoms with E-state index in [1.807, 2.05) is 0 Å². The molecule has 2 rings (SSSR count). The predicted octanol–water partition coefficient (Wildman–Crippen LogP) is 5.40. The van der Waals surface area contributed by atoms with Crippen LogP contribution in [0.1, 0.15) is 11.1 Å². The molecule has 0 bridgehead atoms. The Morgan fingerprint density at radius 3 is 2.62 bits per heavy atom. The van der Waals surface area contributed by atoms with Crippen molar-refractivity contribution in [3.05, 3.63) is 68.7 Å². The third kappa shape index (κ3) is 5.70. The number of hydrogen-bond acceptors (Lipinski definition) is 6. The van der Waals surface area contributed by atoms with Crippen molar-refractivity contribution in [2.75, 3.05) is 19.1 Å². The van der Waals surface area contributed by atoms with Crippen molar-refractivity contribution < 1.29 is 27.6 Å². The predicted molar refractivity (Wildman–Crippen MR) is 106 cm³/mol. The number of benzene rings is 2. The number of hydrogen-bond donors (Lipinski definition) is 1. The van der Waals surface area contributed by atoms with Gasteiger partial charge in [-0.1, -0.05) is 12.7 Å². The second-order valence-corrected chi connectivity index (χ2v) is 6.34. The van der Waals surface area contributed by atoms with Gasteiger partial charge in [-0.25, -0.2) is 0 Å². The summed E-state index contributed by atoms with van der Waals surface area (Å²) in [6.07, 6.45) is -1.79. The standard InChI is InChI=1S/C18H15BrF3N3O4/c1-3-6-29-17-9-13(19)11(7-16(17)28-2)10-23-24-14-5-4-12(18(20,21)22)8-15(14)25(26)27/h3-5,7-10,24H,1,6H2,2H3/b23-10-. The van der Waals surface area contributed by atoms with Gasteiger partial charge in [-0.3, -0.25) is 15.5 Å². The highest BCUT2D eigenvalue weighted by Crippen LogP contribution is 2.35. The van der Waals surface area contributed by atoms with Crippen molar-refractivity contribution in [2.45, 2.75) is 6.18 Å². The van der Waals surface area contributed by atoms with E-state index in [0.717, 1.165) is 12.1 Å². The van der Waals surface area contributed by atoms with E-state index in [-0.39, 0.29) is 12.3 Å². The van der Waals surface area contributed by atoms with Crippen molar-refractivity contribution in [3.8, 4) is 11.5 Å². The summed E-state index contributed by atoms with van der Waals surface area (Å²) in [6.45, 7) is 3.83. The summed E-state index contributed by atoms with van der Waals surface area (Å²) in [5.41, 5.74) is 0.868. The van der Waals surface area contributed by atoms with Crippen LogP contribution in [0.4, 0.5) is 24.5 Å². The molecule has 0 fully saturated rings. The maximum absolute atomic E-state index is 12.8. The average molecular weight is 474 g/mol. The normalized spacial score (nSPS) is 11.3. The van der Waals surface area contributed by atoms with E-state index in [2.05, 4.69) is 33.0 Å². The van der Waals surface area contributed by atoms with E-state index < -0.39 is 22.4 Å². The number of methoxy groups -OCH3 is 1. The largest absolute Gasteiger partial charge is 0.493 e. The SMILES string of the molecule is C=CCOc1cc(Br)c(/C=N\Nc2ccc(C(F)(F)F)cc2[N+](=O)[O-])cc1OC. The molecule has 2 aromatic carbocycles. The summed E-state index contributed by atoms with van der Waals surface area (Å²) in [4.78, 5) is 10.2. The zero-order valence-electron chi connectivity index (χ0n) is 15.0. The Morgan fingerprint density at radius 2 is 2.03 bits per heavy atom. The minimum Gasteiger partial charge on any atom is -0.493 e. The van der Waals surface area contributed by atoms with Gasteiger partial charge in [-0.05, 0) is 40.2 Å². The Hall–Kier alpha value is -3.08. The molecule has 0 saturated carbocycles. The summed E-state index contributed by atoms with van der Waals surface area (Å²) in [7, 11) is 1.45. The quantitative estimate of drug-likeness (QED) is 0.240. The fraction of sp³-hybridized carbons (Fsp3) is 0.167. The summed E-state index contributed by atoms with van der Waals surface area (Å²) < 4.78 is 49.6. The number of nitro benzene ring substituents is 1. The first-order valence-electron chi connectivity index (χ1n) is 7.93. The highest BCUT2D eigenvalue weighted by molar-refractivity contribution is 9.10. The second kappa shape index (κ2) is 9.41. The number of hydrazone groups is 1. The number of alkyl halides is 3. The third-order valence-electron chi connectivity index (χ3n) is 3.55. The molecule has 0 amide bonds. The Kier molecular flexibility index (Phi) is 7.21. The number of halogens is 4. The van der Waals surface area contributed by atoms with Crippen molar-refractivity contribution in [1.82, 2.24) is 0 Å². The van der Waals surface area contributed by atoms with E-state index in [4.69, 9.17) is 9.47 Å². The number of rotatable bonds is 8. The van der Waals surface area contributed by atoms with Crippen molar-refractivity contribution in [2.24, 2.45) is 5.10 Å². The molecule has 2 aromatic rings. The topological polar surface area (TPSA) is 86.0 Å². The lowest BCUT2D eigenvalue weighted by Gasteiger charge is -2.11. The van der Waals surface area contributed by atoms with Gasteiger partial charge in [0.1, 0.15) is 12.3 Å². The van der Waals surface area contributed by atoms with Crippen LogP contribution in [-0.2, 0) is 6.18 Å². The molecule has 0 spiro atoms. The Balaban J connectivity index is 2.27. The molecule has 0 aliphatic rings. The van der Waals surface area contributed by atoms with Crippen LogP contribution < -0.4 is 14.9 Å². The van der Waals surface area contributed by atoms with Gasteiger partial charge in [-0.15, -0.1) is 0 Å². The molecule has 11 heteroatoms. The molecule has 29 heavy (non-hydrogen) atoms. The zero-order valence-corrected chi connectivity index (χ0v) is 16.6. The molecular weight excluding hydrogens is 459 g/mol. The maximum atomic E-state index is 12.8. The summed E-state index contributed by atoms with van der Waals surface area (Å²) in [5.74, 6) is 0.875. The Morgan fingerprint density at radius 1 is 1.31 bits per heavy atom. The van der Waals surface area contributed by atoms with E-state index in [1.165, 1.54) is 13.3 Å². The minimum absolute atomic E-state index is 0.187. The lowest BCUT2D eigenvalue weighted by molar-refractivity contribution is -0.384.